The molecule has 1 amide bonds. The number of amides is 1. The molecule has 0 unspecified atom stereocenters. The lowest BCUT2D eigenvalue weighted by molar-refractivity contribution is -0.115. The minimum Gasteiger partial charge on any atom is -0.326 e. The number of anilines is 1. The molecule has 158 valence electrons. The number of benzene rings is 2. The van der Waals surface area contributed by atoms with E-state index in [-0.39, 0.29) is 10.8 Å². The molecule has 0 saturated carbocycles. The monoisotopic (exact) mass is 454 g/mol. The highest BCUT2D eigenvalue weighted by Gasteiger charge is 2.22. The van der Waals surface area contributed by atoms with Crippen molar-refractivity contribution >= 4 is 45.0 Å². The van der Waals surface area contributed by atoms with E-state index in [4.69, 9.17) is 11.6 Å². The zero-order valence-electron chi connectivity index (χ0n) is 16.7. The maximum atomic E-state index is 12.8. The molecule has 0 radical (unpaired) electrons. The van der Waals surface area contributed by atoms with Gasteiger partial charge in [-0.25, -0.2) is 8.42 Å². The number of thioether (sulfide) groups is 1. The fraction of sp³-hybridized carbons (Fsp3) is 0.381. The van der Waals surface area contributed by atoms with Crippen LogP contribution in [0.3, 0.4) is 0 Å². The lowest BCUT2D eigenvalue weighted by atomic mass is 10.3. The summed E-state index contributed by atoms with van der Waals surface area (Å²) < 4.78 is 27.0. The summed E-state index contributed by atoms with van der Waals surface area (Å²) in [5, 5.41) is 3.50. The third kappa shape index (κ3) is 7.33. The Hall–Kier alpha value is -1.54. The van der Waals surface area contributed by atoms with E-state index in [0.717, 1.165) is 17.7 Å². The van der Waals surface area contributed by atoms with Gasteiger partial charge in [0.1, 0.15) is 0 Å². The van der Waals surface area contributed by atoms with Crippen molar-refractivity contribution in [3.63, 3.8) is 0 Å². The lowest BCUT2D eigenvalue weighted by Gasteiger charge is -2.21. The van der Waals surface area contributed by atoms with Gasteiger partial charge in [-0.15, -0.1) is 11.8 Å². The Balaban J connectivity index is 1.90. The van der Waals surface area contributed by atoms with Gasteiger partial charge in [0.25, 0.3) is 0 Å². The number of hydrogen-bond acceptors (Lipinski definition) is 4. The van der Waals surface area contributed by atoms with E-state index in [0.29, 0.717) is 36.0 Å². The van der Waals surface area contributed by atoms with Crippen LogP contribution in [0.4, 0.5) is 5.69 Å². The average molecular weight is 455 g/mol. The van der Waals surface area contributed by atoms with Gasteiger partial charge < -0.3 is 5.32 Å². The number of sulfonamides is 1. The zero-order valence-corrected chi connectivity index (χ0v) is 19.1. The topological polar surface area (TPSA) is 66.5 Å². The molecule has 2 aromatic carbocycles. The molecule has 29 heavy (non-hydrogen) atoms. The third-order valence-electron chi connectivity index (χ3n) is 4.13. The Kier molecular flexibility index (Phi) is 9.49. The summed E-state index contributed by atoms with van der Waals surface area (Å²) in [7, 11) is -3.51. The van der Waals surface area contributed by atoms with E-state index in [1.54, 1.807) is 36.0 Å². The highest BCUT2D eigenvalue weighted by molar-refractivity contribution is 7.99. The van der Waals surface area contributed by atoms with Crippen molar-refractivity contribution in [1.29, 1.82) is 0 Å². The number of nitrogens with zero attached hydrogens (tertiary/aromatic N) is 1. The van der Waals surface area contributed by atoms with Crippen LogP contribution in [0.2, 0.25) is 5.02 Å². The molecule has 5 nitrogen and oxygen atoms in total. The highest BCUT2D eigenvalue weighted by Crippen LogP contribution is 2.22. The van der Waals surface area contributed by atoms with Crippen molar-refractivity contribution in [3.8, 4) is 0 Å². The van der Waals surface area contributed by atoms with Crippen LogP contribution >= 0.6 is 23.4 Å². The number of nitrogens with one attached hydrogen (secondary N) is 1. The highest BCUT2D eigenvalue weighted by atomic mass is 35.5. The number of carbonyl (C=O) groups is 1. The Labute approximate surface area is 182 Å². The molecule has 0 spiro atoms. The van der Waals surface area contributed by atoms with Crippen LogP contribution in [0.1, 0.15) is 33.1 Å². The van der Waals surface area contributed by atoms with E-state index in [9.17, 15) is 13.2 Å². The second-order valence-corrected chi connectivity index (χ2v) is 10.1. The van der Waals surface area contributed by atoms with Crippen LogP contribution < -0.4 is 5.32 Å². The summed E-state index contributed by atoms with van der Waals surface area (Å²) in [5.74, 6) is 0.531. The summed E-state index contributed by atoms with van der Waals surface area (Å²) in [6.45, 7) is 4.92. The van der Waals surface area contributed by atoms with Crippen LogP contribution in [-0.2, 0) is 14.8 Å². The number of hydrogen-bond donors (Lipinski definition) is 1. The molecule has 0 fully saturated rings. The van der Waals surface area contributed by atoms with Crippen molar-refractivity contribution in [2.75, 3.05) is 24.2 Å². The van der Waals surface area contributed by atoms with Gasteiger partial charge in [-0.05, 0) is 61.4 Å². The standard InChI is InChI=1S/C21H27ClN2O3S2/c1-3-14-24(15-4-2)29(26,27)20-11-7-18(8-12-20)23-21(25)13-16-28-19-9-5-17(22)6-10-19/h5-12H,3-4,13-16H2,1-2H3,(H,23,25). The molecule has 2 aromatic rings. The Bertz CT molecular complexity index is 879. The van der Waals surface area contributed by atoms with E-state index in [1.807, 2.05) is 38.1 Å². The number of carbonyl (C=O) groups excluding carboxylic acids is 1. The lowest BCUT2D eigenvalue weighted by Crippen LogP contribution is -2.32. The quantitative estimate of drug-likeness (QED) is 0.469. The van der Waals surface area contributed by atoms with E-state index >= 15 is 0 Å². The predicted octanol–water partition coefficient (Wildman–Crippen LogP) is 5.27. The molecule has 8 heteroatoms. The number of halogens is 1. The van der Waals surface area contributed by atoms with Gasteiger partial charge in [-0.3, -0.25) is 4.79 Å². The minimum absolute atomic E-state index is 0.110. The van der Waals surface area contributed by atoms with Gasteiger partial charge in [-0.1, -0.05) is 25.4 Å². The molecular formula is C21H27ClN2O3S2. The average Bonchev–Trinajstić information content (AvgIpc) is 2.70. The Morgan fingerprint density at radius 3 is 2.14 bits per heavy atom. The molecule has 0 aliphatic rings. The van der Waals surface area contributed by atoms with Gasteiger partial charge >= 0.3 is 0 Å². The van der Waals surface area contributed by atoms with Gasteiger partial charge in [-0.2, -0.15) is 4.31 Å². The molecule has 0 aromatic heterocycles. The van der Waals surface area contributed by atoms with Crippen LogP contribution in [0.5, 0.6) is 0 Å². The molecule has 0 saturated heterocycles. The molecule has 0 atom stereocenters. The Morgan fingerprint density at radius 1 is 1.00 bits per heavy atom. The summed E-state index contributed by atoms with van der Waals surface area (Å²) in [6.07, 6.45) is 1.89. The molecule has 0 aliphatic heterocycles. The molecule has 2 rings (SSSR count). The zero-order chi connectivity index (χ0) is 21.3. The van der Waals surface area contributed by atoms with Crippen molar-refractivity contribution < 1.29 is 13.2 Å². The van der Waals surface area contributed by atoms with Gasteiger partial charge in [0, 0.05) is 40.9 Å². The van der Waals surface area contributed by atoms with Gasteiger partial charge in [0.15, 0.2) is 0 Å². The first-order valence-electron chi connectivity index (χ1n) is 9.65. The van der Waals surface area contributed by atoms with Crippen LogP contribution in [-0.4, -0.2) is 37.5 Å². The summed E-state index contributed by atoms with van der Waals surface area (Å²) in [4.78, 5) is 13.4. The first kappa shape index (κ1) is 23.7. The molecule has 0 bridgehead atoms. The largest absolute Gasteiger partial charge is 0.326 e. The SMILES string of the molecule is CCCN(CCC)S(=O)(=O)c1ccc(NC(=O)CCSc2ccc(Cl)cc2)cc1. The minimum atomic E-state index is -3.51. The summed E-state index contributed by atoms with van der Waals surface area (Å²) in [6, 6.07) is 13.8. The molecule has 0 heterocycles. The predicted molar refractivity (Wildman–Crippen MR) is 121 cm³/mol. The fourth-order valence-corrected chi connectivity index (χ4v) is 5.33. The fourth-order valence-electron chi connectivity index (χ4n) is 2.73. The molecule has 0 aliphatic carbocycles. The normalized spacial score (nSPS) is 11.6. The maximum Gasteiger partial charge on any atom is 0.243 e. The van der Waals surface area contributed by atoms with Crippen LogP contribution in [0, 0.1) is 0 Å². The first-order valence-corrected chi connectivity index (χ1v) is 12.5. The van der Waals surface area contributed by atoms with Crippen molar-refractivity contribution in [2.24, 2.45) is 0 Å². The van der Waals surface area contributed by atoms with Crippen molar-refractivity contribution in [1.82, 2.24) is 4.31 Å². The van der Waals surface area contributed by atoms with Crippen LogP contribution in [0.15, 0.2) is 58.3 Å². The smallest absolute Gasteiger partial charge is 0.243 e. The molecule has 1 N–H and O–H groups in total. The maximum absolute atomic E-state index is 12.8. The number of rotatable bonds is 11. The van der Waals surface area contributed by atoms with Crippen molar-refractivity contribution in [2.45, 2.75) is 42.9 Å². The van der Waals surface area contributed by atoms with Gasteiger partial charge in [0.05, 0.1) is 4.90 Å². The molecular weight excluding hydrogens is 428 g/mol. The second kappa shape index (κ2) is 11.6. The summed E-state index contributed by atoms with van der Waals surface area (Å²) in [5.41, 5.74) is 0.586. The first-order chi connectivity index (χ1) is 13.9. The van der Waals surface area contributed by atoms with Gasteiger partial charge in [0.2, 0.25) is 15.9 Å². The third-order valence-corrected chi connectivity index (χ3v) is 7.31. The van der Waals surface area contributed by atoms with E-state index in [1.165, 1.54) is 4.31 Å². The Morgan fingerprint density at radius 2 is 1.59 bits per heavy atom. The second-order valence-electron chi connectivity index (χ2n) is 6.53. The van der Waals surface area contributed by atoms with Crippen LogP contribution in [0.25, 0.3) is 0 Å². The van der Waals surface area contributed by atoms with E-state index in [2.05, 4.69) is 5.32 Å². The summed E-state index contributed by atoms with van der Waals surface area (Å²) >= 11 is 7.44. The van der Waals surface area contributed by atoms with E-state index < -0.39 is 10.0 Å². The van der Waals surface area contributed by atoms with Crippen molar-refractivity contribution in [3.05, 3.63) is 53.6 Å².